The van der Waals surface area contributed by atoms with E-state index in [2.05, 4.69) is 10.2 Å². The topological polar surface area (TPSA) is 108 Å². The minimum Gasteiger partial charge on any atom is -0.482 e. The maximum Gasteiger partial charge on any atom is 0.262 e. The van der Waals surface area contributed by atoms with Crippen molar-refractivity contribution in [3.05, 3.63) is 53.6 Å². The Hall–Kier alpha value is -3.53. The Labute approximate surface area is 163 Å². The van der Waals surface area contributed by atoms with E-state index in [-0.39, 0.29) is 12.5 Å². The molecule has 3 rings (SSSR count). The summed E-state index contributed by atoms with van der Waals surface area (Å²) in [5.41, 5.74) is 7.46. The SMILES string of the molecule is N#Cc1ccccc1OCC(=O)Nc1cc(C(N)=O)ccc1N1CCCCC1. The van der Waals surface area contributed by atoms with E-state index < -0.39 is 5.91 Å². The zero-order valence-corrected chi connectivity index (χ0v) is 15.5. The van der Waals surface area contributed by atoms with Gasteiger partial charge in [-0.3, -0.25) is 9.59 Å². The normalized spacial score (nSPS) is 13.5. The number of rotatable bonds is 6. The number of benzene rings is 2. The van der Waals surface area contributed by atoms with Gasteiger partial charge in [0.25, 0.3) is 5.91 Å². The fourth-order valence-electron chi connectivity index (χ4n) is 3.21. The molecule has 0 radical (unpaired) electrons. The number of nitrogens with one attached hydrogen (secondary N) is 1. The molecule has 0 saturated carbocycles. The fraction of sp³-hybridized carbons (Fsp3) is 0.286. The highest BCUT2D eigenvalue weighted by Crippen LogP contribution is 2.29. The first-order valence-corrected chi connectivity index (χ1v) is 9.19. The number of nitriles is 1. The standard InChI is InChI=1S/C21H22N4O3/c22-13-16-6-2-3-7-19(16)28-14-20(26)24-17-12-15(21(23)27)8-9-18(17)25-10-4-1-5-11-25/h2-3,6-9,12H,1,4-5,10-11,14H2,(H2,23,27)(H,24,26). The second kappa shape index (κ2) is 8.91. The van der Waals surface area contributed by atoms with Gasteiger partial charge in [0.2, 0.25) is 5.91 Å². The van der Waals surface area contributed by atoms with E-state index in [0.29, 0.717) is 22.6 Å². The average Bonchev–Trinajstić information content (AvgIpc) is 2.73. The molecule has 144 valence electrons. The lowest BCUT2D eigenvalue weighted by molar-refractivity contribution is -0.118. The zero-order valence-electron chi connectivity index (χ0n) is 15.5. The molecule has 7 nitrogen and oxygen atoms in total. The summed E-state index contributed by atoms with van der Waals surface area (Å²) in [6.45, 7) is 1.54. The molecular formula is C21H22N4O3. The minimum absolute atomic E-state index is 0.251. The summed E-state index contributed by atoms with van der Waals surface area (Å²) in [4.78, 5) is 26.2. The van der Waals surface area contributed by atoms with Crippen LogP contribution in [0.5, 0.6) is 5.75 Å². The number of nitrogens with two attached hydrogens (primary N) is 1. The molecular weight excluding hydrogens is 356 g/mol. The molecule has 7 heteroatoms. The second-order valence-corrected chi connectivity index (χ2v) is 6.59. The number of anilines is 2. The van der Waals surface area contributed by atoms with Crippen LogP contribution in [0.15, 0.2) is 42.5 Å². The van der Waals surface area contributed by atoms with Gasteiger partial charge < -0.3 is 20.7 Å². The van der Waals surface area contributed by atoms with E-state index >= 15 is 0 Å². The molecule has 28 heavy (non-hydrogen) atoms. The van der Waals surface area contributed by atoms with E-state index in [4.69, 9.17) is 15.7 Å². The third-order valence-corrected chi connectivity index (χ3v) is 4.62. The van der Waals surface area contributed by atoms with Crippen LogP contribution in [0.4, 0.5) is 11.4 Å². The number of primary amides is 1. The van der Waals surface area contributed by atoms with Gasteiger partial charge in [-0.25, -0.2) is 0 Å². The van der Waals surface area contributed by atoms with E-state index in [1.54, 1.807) is 36.4 Å². The third kappa shape index (κ3) is 4.60. The van der Waals surface area contributed by atoms with Crippen molar-refractivity contribution in [2.24, 2.45) is 5.73 Å². The predicted octanol–water partition coefficient (Wildman–Crippen LogP) is 2.66. The van der Waals surface area contributed by atoms with E-state index in [1.165, 1.54) is 6.42 Å². The molecule has 0 unspecified atom stereocenters. The molecule has 1 aliphatic heterocycles. The van der Waals surface area contributed by atoms with Crippen LogP contribution in [0.3, 0.4) is 0 Å². The summed E-state index contributed by atoms with van der Waals surface area (Å²) >= 11 is 0. The maximum atomic E-state index is 12.4. The number of para-hydroxylation sites is 1. The number of hydrogen-bond donors (Lipinski definition) is 2. The molecule has 1 aliphatic rings. The van der Waals surface area contributed by atoms with Gasteiger partial charge in [0.05, 0.1) is 16.9 Å². The molecule has 0 bridgehead atoms. The Morgan fingerprint density at radius 3 is 2.61 bits per heavy atom. The Balaban J connectivity index is 1.75. The summed E-state index contributed by atoms with van der Waals surface area (Å²) in [5, 5.41) is 11.9. The number of carbonyl (C=O) groups excluding carboxylic acids is 2. The molecule has 1 heterocycles. The summed E-state index contributed by atoms with van der Waals surface area (Å²) in [6.07, 6.45) is 3.35. The van der Waals surface area contributed by atoms with Gasteiger partial charge in [-0.1, -0.05) is 12.1 Å². The van der Waals surface area contributed by atoms with Crippen LogP contribution in [0, 0.1) is 11.3 Å². The molecule has 3 N–H and O–H groups in total. The average molecular weight is 378 g/mol. The van der Waals surface area contributed by atoms with Gasteiger partial charge in [-0.05, 0) is 49.6 Å². The molecule has 0 spiro atoms. The van der Waals surface area contributed by atoms with Gasteiger partial charge in [0.1, 0.15) is 11.8 Å². The smallest absolute Gasteiger partial charge is 0.262 e. The predicted molar refractivity (Wildman–Crippen MR) is 106 cm³/mol. The fourth-order valence-corrected chi connectivity index (χ4v) is 3.21. The van der Waals surface area contributed by atoms with Crippen molar-refractivity contribution in [3.63, 3.8) is 0 Å². The first-order valence-electron chi connectivity index (χ1n) is 9.19. The molecule has 0 atom stereocenters. The van der Waals surface area contributed by atoms with Crippen molar-refractivity contribution in [1.29, 1.82) is 5.26 Å². The lowest BCUT2D eigenvalue weighted by Gasteiger charge is -2.30. The van der Waals surface area contributed by atoms with Crippen LogP contribution < -0.4 is 20.7 Å². The molecule has 0 aliphatic carbocycles. The van der Waals surface area contributed by atoms with E-state index in [9.17, 15) is 9.59 Å². The molecule has 0 aromatic heterocycles. The van der Waals surface area contributed by atoms with Crippen molar-refractivity contribution in [3.8, 4) is 11.8 Å². The van der Waals surface area contributed by atoms with Crippen molar-refractivity contribution in [2.75, 3.05) is 29.9 Å². The highest BCUT2D eigenvalue weighted by molar-refractivity contribution is 5.99. The summed E-state index contributed by atoms with van der Waals surface area (Å²) in [5.74, 6) is -0.588. The third-order valence-electron chi connectivity index (χ3n) is 4.62. The number of carbonyl (C=O) groups is 2. The van der Waals surface area contributed by atoms with Crippen molar-refractivity contribution in [2.45, 2.75) is 19.3 Å². The van der Waals surface area contributed by atoms with Gasteiger partial charge in [0, 0.05) is 18.7 Å². The first-order chi connectivity index (χ1) is 13.6. The van der Waals surface area contributed by atoms with Crippen LogP contribution in [0.1, 0.15) is 35.2 Å². The summed E-state index contributed by atoms with van der Waals surface area (Å²) < 4.78 is 5.49. The lowest BCUT2D eigenvalue weighted by Crippen LogP contribution is -2.31. The summed E-state index contributed by atoms with van der Waals surface area (Å²) in [6, 6.07) is 13.8. The van der Waals surface area contributed by atoms with Crippen LogP contribution in [-0.4, -0.2) is 31.5 Å². The van der Waals surface area contributed by atoms with Crippen molar-refractivity contribution < 1.29 is 14.3 Å². The largest absolute Gasteiger partial charge is 0.482 e. The molecule has 2 aromatic carbocycles. The van der Waals surface area contributed by atoms with Gasteiger partial charge in [0.15, 0.2) is 6.61 Å². The quantitative estimate of drug-likeness (QED) is 0.803. The molecule has 1 saturated heterocycles. The molecule has 2 aromatic rings. The monoisotopic (exact) mass is 378 g/mol. The highest BCUT2D eigenvalue weighted by Gasteiger charge is 2.18. The Morgan fingerprint density at radius 1 is 1.14 bits per heavy atom. The van der Waals surface area contributed by atoms with Gasteiger partial charge in [-0.15, -0.1) is 0 Å². The highest BCUT2D eigenvalue weighted by atomic mass is 16.5. The Kier molecular flexibility index (Phi) is 6.12. The van der Waals surface area contributed by atoms with Crippen molar-refractivity contribution in [1.82, 2.24) is 0 Å². The summed E-state index contributed by atoms with van der Waals surface area (Å²) in [7, 11) is 0. The molecule has 2 amide bonds. The Bertz CT molecular complexity index is 914. The van der Waals surface area contributed by atoms with Crippen molar-refractivity contribution >= 4 is 23.2 Å². The molecule has 1 fully saturated rings. The van der Waals surface area contributed by atoms with E-state index in [1.807, 2.05) is 12.1 Å². The zero-order chi connectivity index (χ0) is 19.9. The number of nitrogens with zero attached hydrogens (tertiary/aromatic N) is 2. The number of hydrogen-bond acceptors (Lipinski definition) is 5. The van der Waals surface area contributed by atoms with Gasteiger partial charge in [-0.2, -0.15) is 5.26 Å². The second-order valence-electron chi connectivity index (χ2n) is 6.59. The van der Waals surface area contributed by atoms with Crippen LogP contribution in [0.25, 0.3) is 0 Å². The lowest BCUT2D eigenvalue weighted by atomic mass is 10.1. The van der Waals surface area contributed by atoms with E-state index in [0.717, 1.165) is 31.6 Å². The minimum atomic E-state index is -0.556. The van der Waals surface area contributed by atoms with Crippen LogP contribution >= 0.6 is 0 Å². The Morgan fingerprint density at radius 2 is 1.89 bits per heavy atom. The number of ether oxygens (including phenoxy) is 1. The number of piperidine rings is 1. The van der Waals surface area contributed by atoms with Crippen LogP contribution in [-0.2, 0) is 4.79 Å². The first kappa shape index (κ1) is 19.2. The maximum absolute atomic E-state index is 12.4. The van der Waals surface area contributed by atoms with Gasteiger partial charge >= 0.3 is 0 Å². The number of amides is 2. The van der Waals surface area contributed by atoms with Crippen LogP contribution in [0.2, 0.25) is 0 Å².